The van der Waals surface area contributed by atoms with Gasteiger partial charge in [-0.2, -0.15) is 0 Å². The Morgan fingerprint density at radius 3 is 2.55 bits per heavy atom. The molecule has 0 radical (unpaired) electrons. The number of nitrogens with two attached hydrogens (primary N) is 1. The van der Waals surface area contributed by atoms with Crippen LogP contribution in [-0.2, 0) is 4.79 Å². The highest BCUT2D eigenvalue weighted by Crippen LogP contribution is 2.31. The van der Waals surface area contributed by atoms with Crippen LogP contribution in [0.3, 0.4) is 0 Å². The molecular weight excluding hydrogens is 430 g/mol. The van der Waals surface area contributed by atoms with Crippen LogP contribution in [0, 0.1) is 0 Å². The van der Waals surface area contributed by atoms with Gasteiger partial charge in [0.2, 0.25) is 5.91 Å². The summed E-state index contributed by atoms with van der Waals surface area (Å²) in [5, 5.41) is 5.55. The number of aromatic nitrogens is 2. The van der Waals surface area contributed by atoms with Gasteiger partial charge < -0.3 is 16.1 Å². The Hall–Kier alpha value is -3.30. The molecule has 31 heavy (non-hydrogen) atoms. The number of hydrogen-bond donors (Lipinski definition) is 2. The summed E-state index contributed by atoms with van der Waals surface area (Å²) in [6.45, 7) is 0. The van der Waals surface area contributed by atoms with Crippen molar-refractivity contribution in [2.24, 2.45) is 0 Å². The van der Waals surface area contributed by atoms with Gasteiger partial charge in [-0.25, -0.2) is 9.66 Å². The van der Waals surface area contributed by atoms with Crippen LogP contribution in [0.5, 0.6) is 0 Å². The Morgan fingerprint density at radius 1 is 1.16 bits per heavy atom. The lowest BCUT2D eigenvalue weighted by molar-refractivity contribution is -0.113. The first-order chi connectivity index (χ1) is 14.9. The summed E-state index contributed by atoms with van der Waals surface area (Å²) < 4.78 is 1.02. The molecule has 0 fully saturated rings. The lowest BCUT2D eigenvalue weighted by Crippen LogP contribution is -2.30. The van der Waals surface area contributed by atoms with E-state index in [1.54, 1.807) is 0 Å². The van der Waals surface area contributed by atoms with E-state index in [-0.39, 0.29) is 17.2 Å². The zero-order valence-electron chi connectivity index (χ0n) is 17.0. The smallest absolute Gasteiger partial charge is 0.282 e. The molecule has 2 aromatic heterocycles. The zero-order chi connectivity index (χ0) is 22.0. The number of nitrogens with one attached hydrogen (secondary N) is 1. The number of carbonyl (C=O) groups excluding carboxylic acids is 1. The molecule has 0 bridgehead atoms. The molecule has 0 unspecified atom stereocenters. The molecule has 158 valence electrons. The van der Waals surface area contributed by atoms with Crippen molar-refractivity contribution in [2.45, 2.75) is 5.16 Å². The number of thiophene rings is 1. The Balaban J connectivity index is 1.50. The van der Waals surface area contributed by atoms with Crippen molar-refractivity contribution in [1.29, 1.82) is 0 Å². The molecular formula is C22H21N5O2S2. The van der Waals surface area contributed by atoms with Gasteiger partial charge >= 0.3 is 0 Å². The van der Waals surface area contributed by atoms with Gasteiger partial charge in [0.25, 0.3) is 5.56 Å². The van der Waals surface area contributed by atoms with Gasteiger partial charge in [-0.15, -0.1) is 11.3 Å². The Morgan fingerprint density at radius 2 is 1.87 bits per heavy atom. The van der Waals surface area contributed by atoms with Crippen LogP contribution in [-0.4, -0.2) is 35.4 Å². The number of carbonyl (C=O) groups is 1. The lowest BCUT2D eigenvalue weighted by atomic mass is 10.1. The fourth-order valence-corrected chi connectivity index (χ4v) is 4.79. The molecule has 9 heteroatoms. The maximum atomic E-state index is 12.9. The van der Waals surface area contributed by atoms with Crippen LogP contribution < -0.4 is 21.6 Å². The minimum absolute atomic E-state index is 0.0848. The molecule has 1 amide bonds. The number of nitrogens with zero attached hydrogens (tertiary/aromatic N) is 3. The molecule has 0 saturated heterocycles. The second-order valence-corrected chi connectivity index (χ2v) is 8.84. The van der Waals surface area contributed by atoms with Gasteiger partial charge in [-0.1, -0.05) is 42.1 Å². The normalized spacial score (nSPS) is 10.9. The van der Waals surface area contributed by atoms with E-state index < -0.39 is 0 Å². The zero-order valence-corrected chi connectivity index (χ0v) is 18.7. The lowest BCUT2D eigenvalue weighted by Gasteiger charge is -2.13. The fraction of sp³-hybridized carbons (Fsp3) is 0.136. The third kappa shape index (κ3) is 4.42. The molecule has 2 heterocycles. The van der Waals surface area contributed by atoms with Crippen LogP contribution in [0.25, 0.3) is 21.3 Å². The summed E-state index contributed by atoms with van der Waals surface area (Å²) in [7, 11) is 3.91. The first-order valence-electron chi connectivity index (χ1n) is 9.49. The van der Waals surface area contributed by atoms with Crippen LogP contribution in [0.1, 0.15) is 0 Å². The van der Waals surface area contributed by atoms with E-state index in [0.29, 0.717) is 21.1 Å². The van der Waals surface area contributed by atoms with E-state index in [9.17, 15) is 9.59 Å². The molecule has 4 rings (SSSR count). The van der Waals surface area contributed by atoms with Gasteiger partial charge in [-0.05, 0) is 29.8 Å². The largest absolute Gasteiger partial charge is 0.378 e. The number of anilines is 2. The maximum absolute atomic E-state index is 12.9. The number of fused-ring (bicyclic) bond motifs is 1. The van der Waals surface area contributed by atoms with Crippen LogP contribution in [0.15, 0.2) is 69.9 Å². The first kappa shape index (κ1) is 21.0. The van der Waals surface area contributed by atoms with Gasteiger partial charge in [0, 0.05) is 36.4 Å². The minimum Gasteiger partial charge on any atom is -0.378 e. The predicted molar refractivity (Wildman–Crippen MR) is 130 cm³/mol. The molecule has 0 aliphatic carbocycles. The quantitative estimate of drug-likeness (QED) is 0.264. The van der Waals surface area contributed by atoms with E-state index in [2.05, 4.69) is 10.3 Å². The molecule has 0 aliphatic heterocycles. The summed E-state index contributed by atoms with van der Waals surface area (Å²) in [6.07, 6.45) is 0. The summed E-state index contributed by atoms with van der Waals surface area (Å²) in [4.78, 5) is 32.4. The molecule has 0 atom stereocenters. The third-order valence-corrected chi connectivity index (χ3v) is 6.52. The SMILES string of the molecule is CN(C)c1ccc(NC(=O)CSc2nc3scc(-c4ccccc4)c3c(=O)n2N)cc1. The Labute approximate surface area is 187 Å². The monoisotopic (exact) mass is 451 g/mol. The van der Waals surface area contributed by atoms with Gasteiger partial charge in [0.15, 0.2) is 5.16 Å². The highest BCUT2D eigenvalue weighted by atomic mass is 32.2. The summed E-state index contributed by atoms with van der Waals surface area (Å²) in [6, 6.07) is 17.2. The van der Waals surface area contributed by atoms with Crippen LogP contribution in [0.2, 0.25) is 0 Å². The summed E-state index contributed by atoms with van der Waals surface area (Å²) >= 11 is 2.52. The maximum Gasteiger partial charge on any atom is 0.282 e. The van der Waals surface area contributed by atoms with Crippen molar-refractivity contribution in [3.63, 3.8) is 0 Å². The topological polar surface area (TPSA) is 93.2 Å². The first-order valence-corrected chi connectivity index (χ1v) is 11.4. The van der Waals surface area contributed by atoms with E-state index >= 15 is 0 Å². The fourth-order valence-electron chi connectivity index (χ4n) is 3.09. The van der Waals surface area contributed by atoms with Gasteiger partial charge in [0.05, 0.1) is 11.1 Å². The molecule has 0 saturated carbocycles. The van der Waals surface area contributed by atoms with E-state index in [1.807, 2.05) is 79.0 Å². The van der Waals surface area contributed by atoms with Crippen molar-refractivity contribution in [3.05, 3.63) is 70.3 Å². The van der Waals surface area contributed by atoms with Gasteiger partial charge in [-0.3, -0.25) is 9.59 Å². The highest BCUT2D eigenvalue weighted by molar-refractivity contribution is 7.99. The predicted octanol–water partition coefficient (Wildman–Crippen LogP) is 3.64. The number of thioether (sulfide) groups is 1. The average molecular weight is 452 g/mol. The number of benzene rings is 2. The molecule has 4 aromatic rings. The molecule has 0 spiro atoms. The second kappa shape index (κ2) is 8.83. The highest BCUT2D eigenvalue weighted by Gasteiger charge is 2.17. The van der Waals surface area contributed by atoms with E-state index in [1.165, 1.54) is 11.3 Å². The summed E-state index contributed by atoms with van der Waals surface area (Å²) in [5.74, 6) is 5.91. The average Bonchev–Trinajstić information content (AvgIpc) is 3.20. The second-order valence-electron chi connectivity index (χ2n) is 7.04. The van der Waals surface area contributed by atoms with Crippen LogP contribution in [0.4, 0.5) is 11.4 Å². The van der Waals surface area contributed by atoms with Crippen LogP contribution >= 0.6 is 23.1 Å². The third-order valence-electron chi connectivity index (χ3n) is 4.69. The molecule has 3 N–H and O–H groups in total. The van der Waals surface area contributed by atoms with Gasteiger partial charge in [0.1, 0.15) is 4.83 Å². The molecule has 7 nitrogen and oxygen atoms in total. The van der Waals surface area contributed by atoms with E-state index in [4.69, 9.17) is 5.84 Å². The number of nitrogen functional groups attached to an aromatic ring is 1. The minimum atomic E-state index is -0.327. The van der Waals surface area contributed by atoms with Crippen molar-refractivity contribution in [3.8, 4) is 11.1 Å². The molecule has 2 aromatic carbocycles. The number of rotatable bonds is 6. The van der Waals surface area contributed by atoms with Crippen molar-refractivity contribution >= 4 is 50.6 Å². The molecule has 0 aliphatic rings. The standard InChI is InChI=1S/C22H21N5O2S2/c1-26(2)16-10-8-15(9-11-16)24-18(28)13-31-22-25-20-19(21(29)27(22)23)17(12-30-20)14-6-4-3-5-7-14/h3-12H,13,23H2,1-2H3,(H,24,28). The Kier molecular flexibility index (Phi) is 5.97. The summed E-state index contributed by atoms with van der Waals surface area (Å²) in [5.41, 5.74) is 3.17. The number of hydrogen-bond acceptors (Lipinski definition) is 7. The van der Waals surface area contributed by atoms with Crippen molar-refractivity contribution < 1.29 is 4.79 Å². The Bertz CT molecular complexity index is 1280. The van der Waals surface area contributed by atoms with E-state index in [0.717, 1.165) is 33.3 Å². The van der Waals surface area contributed by atoms with Crippen molar-refractivity contribution in [1.82, 2.24) is 9.66 Å². The number of amides is 1. The van der Waals surface area contributed by atoms with Crippen molar-refractivity contribution in [2.75, 3.05) is 35.9 Å².